The Bertz CT molecular complexity index is 963. The summed E-state index contributed by atoms with van der Waals surface area (Å²) >= 11 is 6.16. The highest BCUT2D eigenvalue weighted by atomic mass is 35.5. The highest BCUT2D eigenvalue weighted by molar-refractivity contribution is 6.32. The number of anilines is 4. The van der Waals surface area contributed by atoms with Crippen molar-refractivity contribution in [3.05, 3.63) is 58.7 Å². The lowest BCUT2D eigenvalue weighted by Crippen LogP contribution is -2.04. The molecule has 1 heterocycles. The summed E-state index contributed by atoms with van der Waals surface area (Å²) in [6, 6.07) is 13.4. The molecule has 2 N–H and O–H groups in total. The molecular formula is C20H21ClN4O2. The fourth-order valence-corrected chi connectivity index (χ4v) is 2.85. The van der Waals surface area contributed by atoms with Gasteiger partial charge in [0, 0.05) is 29.6 Å². The summed E-state index contributed by atoms with van der Waals surface area (Å²) in [5, 5.41) is 6.98. The van der Waals surface area contributed by atoms with Gasteiger partial charge in [0.25, 0.3) is 0 Å². The maximum atomic E-state index is 6.16. The van der Waals surface area contributed by atoms with Gasteiger partial charge in [-0.05, 0) is 25.5 Å². The summed E-state index contributed by atoms with van der Waals surface area (Å²) in [4.78, 5) is 9.01. The number of ether oxygens (including phenoxy) is 2. The minimum atomic E-state index is 0.439. The Morgan fingerprint density at radius 3 is 2.30 bits per heavy atom. The monoisotopic (exact) mass is 384 g/mol. The Balaban J connectivity index is 1.92. The Morgan fingerprint density at radius 1 is 0.852 bits per heavy atom. The van der Waals surface area contributed by atoms with Crippen molar-refractivity contribution < 1.29 is 9.47 Å². The second-order valence-corrected chi connectivity index (χ2v) is 6.38. The van der Waals surface area contributed by atoms with Gasteiger partial charge in [0.15, 0.2) is 0 Å². The Labute approximate surface area is 163 Å². The maximum Gasteiger partial charge on any atom is 0.229 e. The predicted molar refractivity (Wildman–Crippen MR) is 109 cm³/mol. The molecule has 7 heteroatoms. The molecule has 0 fully saturated rings. The van der Waals surface area contributed by atoms with Crippen molar-refractivity contribution in [1.29, 1.82) is 0 Å². The van der Waals surface area contributed by atoms with Gasteiger partial charge in [0.1, 0.15) is 17.3 Å². The minimum Gasteiger partial charge on any atom is -0.495 e. The third-order valence-electron chi connectivity index (χ3n) is 3.98. The Hall–Kier alpha value is -2.99. The van der Waals surface area contributed by atoms with E-state index in [1.165, 1.54) is 0 Å². The molecule has 0 amide bonds. The number of rotatable bonds is 6. The van der Waals surface area contributed by atoms with Gasteiger partial charge in [-0.3, -0.25) is 0 Å². The van der Waals surface area contributed by atoms with Crippen LogP contribution in [0.5, 0.6) is 11.5 Å². The normalized spacial score (nSPS) is 10.4. The molecule has 0 unspecified atom stereocenters. The molecule has 0 radical (unpaired) electrons. The third-order valence-corrected chi connectivity index (χ3v) is 4.28. The fourth-order valence-electron chi connectivity index (χ4n) is 2.62. The van der Waals surface area contributed by atoms with E-state index in [9.17, 15) is 0 Å². The molecule has 0 saturated carbocycles. The molecule has 27 heavy (non-hydrogen) atoms. The van der Waals surface area contributed by atoms with Crippen LogP contribution in [-0.2, 0) is 0 Å². The molecule has 0 bridgehead atoms. The first-order valence-corrected chi connectivity index (χ1v) is 8.75. The lowest BCUT2D eigenvalue weighted by molar-refractivity contribution is 0.405. The quantitative estimate of drug-likeness (QED) is 0.604. The lowest BCUT2D eigenvalue weighted by atomic mass is 10.2. The average Bonchev–Trinajstić information content (AvgIpc) is 2.64. The van der Waals surface area contributed by atoms with Crippen LogP contribution in [0.4, 0.5) is 23.1 Å². The van der Waals surface area contributed by atoms with Gasteiger partial charge in [0.05, 0.1) is 24.9 Å². The standard InChI is InChI=1S/C20H21ClN4O2/c1-12-7-5-6-8-15(12)23-19-9-13(2)22-20(25-19)24-16-11-17(26-3)14(21)10-18(16)27-4/h5-11H,1-4H3,(H2,22,23,24,25). The van der Waals surface area contributed by atoms with Gasteiger partial charge in [-0.25, -0.2) is 4.98 Å². The van der Waals surface area contributed by atoms with Gasteiger partial charge in [-0.15, -0.1) is 0 Å². The Kier molecular flexibility index (Phi) is 5.66. The highest BCUT2D eigenvalue weighted by Gasteiger charge is 2.12. The van der Waals surface area contributed by atoms with Crippen molar-refractivity contribution in [2.45, 2.75) is 13.8 Å². The van der Waals surface area contributed by atoms with E-state index in [1.54, 1.807) is 26.4 Å². The van der Waals surface area contributed by atoms with Crippen LogP contribution in [0.15, 0.2) is 42.5 Å². The number of hydrogen-bond donors (Lipinski definition) is 2. The Morgan fingerprint density at radius 2 is 1.59 bits per heavy atom. The fraction of sp³-hybridized carbons (Fsp3) is 0.200. The zero-order valence-electron chi connectivity index (χ0n) is 15.6. The average molecular weight is 385 g/mol. The first-order valence-electron chi connectivity index (χ1n) is 8.37. The van der Waals surface area contributed by atoms with E-state index in [2.05, 4.69) is 20.6 Å². The molecule has 3 aromatic rings. The van der Waals surface area contributed by atoms with E-state index in [0.717, 1.165) is 16.9 Å². The number of methoxy groups -OCH3 is 2. The molecule has 140 valence electrons. The second kappa shape index (κ2) is 8.14. The summed E-state index contributed by atoms with van der Waals surface area (Å²) in [6.45, 7) is 3.95. The van der Waals surface area contributed by atoms with E-state index in [0.29, 0.717) is 34.0 Å². The van der Waals surface area contributed by atoms with Crippen LogP contribution in [0.1, 0.15) is 11.3 Å². The first kappa shape index (κ1) is 18.8. The topological polar surface area (TPSA) is 68.3 Å². The van der Waals surface area contributed by atoms with Crippen molar-refractivity contribution in [3.8, 4) is 11.5 Å². The third kappa shape index (κ3) is 4.41. The van der Waals surface area contributed by atoms with Crippen LogP contribution < -0.4 is 20.1 Å². The van der Waals surface area contributed by atoms with Crippen LogP contribution >= 0.6 is 11.6 Å². The van der Waals surface area contributed by atoms with E-state index in [4.69, 9.17) is 21.1 Å². The number of halogens is 1. The molecular weight excluding hydrogens is 364 g/mol. The van der Waals surface area contributed by atoms with Crippen LogP contribution in [0.25, 0.3) is 0 Å². The van der Waals surface area contributed by atoms with Gasteiger partial charge in [-0.2, -0.15) is 4.98 Å². The molecule has 0 aliphatic heterocycles. The number of benzene rings is 2. The van der Waals surface area contributed by atoms with Crippen molar-refractivity contribution in [1.82, 2.24) is 9.97 Å². The summed E-state index contributed by atoms with van der Waals surface area (Å²) in [7, 11) is 3.14. The number of para-hydroxylation sites is 1. The number of hydrogen-bond acceptors (Lipinski definition) is 6. The van der Waals surface area contributed by atoms with Crippen LogP contribution in [-0.4, -0.2) is 24.2 Å². The van der Waals surface area contributed by atoms with Crippen molar-refractivity contribution in [3.63, 3.8) is 0 Å². The molecule has 1 aromatic heterocycles. The molecule has 2 aromatic carbocycles. The number of aryl methyl sites for hydroxylation is 2. The van der Waals surface area contributed by atoms with Gasteiger partial charge < -0.3 is 20.1 Å². The van der Waals surface area contributed by atoms with E-state index < -0.39 is 0 Å². The van der Waals surface area contributed by atoms with Gasteiger partial charge >= 0.3 is 0 Å². The van der Waals surface area contributed by atoms with E-state index in [1.807, 2.05) is 44.2 Å². The molecule has 0 aliphatic rings. The number of nitrogens with zero attached hydrogens (tertiary/aromatic N) is 2. The molecule has 3 rings (SSSR count). The number of nitrogens with one attached hydrogen (secondary N) is 2. The van der Waals surface area contributed by atoms with Gasteiger partial charge in [0.2, 0.25) is 5.95 Å². The van der Waals surface area contributed by atoms with Crippen molar-refractivity contribution in [2.75, 3.05) is 24.9 Å². The predicted octanol–water partition coefficient (Wildman–Crippen LogP) is 5.25. The maximum absolute atomic E-state index is 6.16. The zero-order chi connectivity index (χ0) is 19.4. The minimum absolute atomic E-state index is 0.439. The summed E-state index contributed by atoms with van der Waals surface area (Å²) in [6.07, 6.45) is 0. The molecule has 6 nitrogen and oxygen atoms in total. The second-order valence-electron chi connectivity index (χ2n) is 5.97. The highest BCUT2D eigenvalue weighted by Crippen LogP contribution is 2.37. The van der Waals surface area contributed by atoms with Crippen LogP contribution in [0, 0.1) is 13.8 Å². The summed E-state index contributed by atoms with van der Waals surface area (Å²) in [5.41, 5.74) is 3.61. The van der Waals surface area contributed by atoms with Crippen LogP contribution in [0.3, 0.4) is 0 Å². The SMILES string of the molecule is COc1cc(Nc2nc(C)cc(Nc3ccccc3C)n2)c(OC)cc1Cl. The molecule has 0 spiro atoms. The van der Waals surface area contributed by atoms with E-state index in [-0.39, 0.29) is 0 Å². The zero-order valence-corrected chi connectivity index (χ0v) is 16.4. The summed E-state index contributed by atoms with van der Waals surface area (Å²) < 4.78 is 10.7. The smallest absolute Gasteiger partial charge is 0.229 e. The number of aromatic nitrogens is 2. The summed E-state index contributed by atoms with van der Waals surface area (Å²) in [5.74, 6) is 2.23. The van der Waals surface area contributed by atoms with Crippen LogP contribution in [0.2, 0.25) is 5.02 Å². The molecule has 0 atom stereocenters. The largest absolute Gasteiger partial charge is 0.495 e. The van der Waals surface area contributed by atoms with Crippen molar-refractivity contribution >= 4 is 34.7 Å². The molecule has 0 saturated heterocycles. The molecule has 0 aliphatic carbocycles. The van der Waals surface area contributed by atoms with E-state index >= 15 is 0 Å². The lowest BCUT2D eigenvalue weighted by Gasteiger charge is -2.14. The van der Waals surface area contributed by atoms with Crippen molar-refractivity contribution in [2.24, 2.45) is 0 Å². The first-order chi connectivity index (χ1) is 13.0. The van der Waals surface area contributed by atoms with Gasteiger partial charge in [-0.1, -0.05) is 29.8 Å².